The number of unbranched alkanes of at least 4 members (excludes halogenated alkanes) is 1. The maximum atomic E-state index is 13.1. The van der Waals surface area contributed by atoms with Crippen molar-refractivity contribution >= 4 is 5.78 Å². The first-order valence-corrected chi connectivity index (χ1v) is 11.2. The molecule has 2 N–H and O–H groups in total. The molecule has 1 aliphatic heterocycles. The molecule has 2 aliphatic rings. The number of benzene rings is 1. The van der Waals surface area contributed by atoms with Crippen LogP contribution in [0.1, 0.15) is 60.0 Å². The van der Waals surface area contributed by atoms with Crippen LogP contribution >= 0.6 is 0 Å². The fourth-order valence-electron chi connectivity index (χ4n) is 4.91. The van der Waals surface area contributed by atoms with Gasteiger partial charge in [-0.3, -0.25) is 9.36 Å². The predicted molar refractivity (Wildman–Crippen MR) is 114 cm³/mol. The molecule has 2 aromatic rings. The van der Waals surface area contributed by atoms with Crippen LogP contribution in [0.25, 0.3) is 0 Å². The van der Waals surface area contributed by atoms with E-state index in [1.807, 2.05) is 0 Å². The number of piperidine rings is 1. The average Bonchev–Trinajstić information content (AvgIpc) is 3.02. The van der Waals surface area contributed by atoms with Gasteiger partial charge in [-0.05, 0) is 95.3 Å². The van der Waals surface area contributed by atoms with E-state index in [4.69, 9.17) is 0 Å². The number of carbonyl (C=O) groups is 1. The monoisotopic (exact) mass is 414 g/mol. The Morgan fingerprint density at radius 1 is 0.933 bits per heavy atom. The van der Waals surface area contributed by atoms with Crippen LogP contribution in [-0.4, -0.2) is 45.1 Å². The Bertz CT molecular complexity index is 853. The molecule has 2 heterocycles. The van der Waals surface area contributed by atoms with Crippen molar-refractivity contribution in [3.05, 3.63) is 46.8 Å². The molecule has 162 valence electrons. The number of fused-ring (bicyclic) bond motifs is 1. The second-order valence-electron chi connectivity index (χ2n) is 8.66. The molecule has 1 aromatic heterocycles. The molecule has 30 heavy (non-hydrogen) atoms. The first kappa shape index (κ1) is 20.9. The van der Waals surface area contributed by atoms with E-state index in [0.29, 0.717) is 12.1 Å². The summed E-state index contributed by atoms with van der Waals surface area (Å²) >= 11 is 0. The minimum Gasteiger partial charge on any atom is -0.494 e. The Balaban J connectivity index is 1.21. The normalized spacial score (nSPS) is 17.8. The highest BCUT2D eigenvalue weighted by Crippen LogP contribution is 2.38. The summed E-state index contributed by atoms with van der Waals surface area (Å²) in [4.78, 5) is 15.0. The SMILES string of the molecule is O=C(c1ccc(F)cc1)C1CCN(CCCCn2c(O)c3c(c2O)CCCC3)CC1. The zero-order valence-electron chi connectivity index (χ0n) is 17.4. The van der Waals surface area contributed by atoms with E-state index in [9.17, 15) is 19.4 Å². The molecule has 0 bridgehead atoms. The molecule has 0 atom stereocenters. The standard InChI is InChI=1S/C24H31FN2O3/c25-19-9-7-17(8-10-19)22(28)18-11-15-26(16-12-18)13-3-4-14-27-23(29)20-5-1-2-6-21(20)24(27)30/h7-10,18,29-30H,1-6,11-16H2. The number of carbonyl (C=O) groups excluding carboxylic acids is 1. The lowest BCUT2D eigenvalue weighted by Crippen LogP contribution is -2.37. The molecule has 0 radical (unpaired) electrons. The summed E-state index contributed by atoms with van der Waals surface area (Å²) < 4.78 is 14.7. The second kappa shape index (κ2) is 9.21. The van der Waals surface area contributed by atoms with E-state index < -0.39 is 0 Å². The molecule has 1 aromatic carbocycles. The van der Waals surface area contributed by atoms with E-state index in [2.05, 4.69) is 4.90 Å². The maximum Gasteiger partial charge on any atom is 0.197 e. The maximum absolute atomic E-state index is 13.1. The summed E-state index contributed by atoms with van der Waals surface area (Å²) in [6.45, 7) is 3.38. The van der Waals surface area contributed by atoms with Gasteiger partial charge in [0, 0.05) is 29.2 Å². The number of hydrogen-bond donors (Lipinski definition) is 2. The van der Waals surface area contributed by atoms with Gasteiger partial charge < -0.3 is 15.1 Å². The Kier molecular flexibility index (Phi) is 6.42. The largest absolute Gasteiger partial charge is 0.494 e. The summed E-state index contributed by atoms with van der Waals surface area (Å²) in [6, 6.07) is 5.85. The third-order valence-electron chi connectivity index (χ3n) is 6.71. The van der Waals surface area contributed by atoms with Crippen molar-refractivity contribution < 1.29 is 19.4 Å². The third-order valence-corrected chi connectivity index (χ3v) is 6.71. The topological polar surface area (TPSA) is 65.7 Å². The quantitative estimate of drug-likeness (QED) is 0.524. The number of aromatic nitrogens is 1. The van der Waals surface area contributed by atoms with Crippen LogP contribution in [-0.2, 0) is 19.4 Å². The number of aromatic hydroxyl groups is 2. The van der Waals surface area contributed by atoms with Crippen molar-refractivity contribution in [3.8, 4) is 11.8 Å². The summed E-state index contributed by atoms with van der Waals surface area (Å²) in [5.74, 6) is 0.330. The molecular weight excluding hydrogens is 383 g/mol. The van der Waals surface area contributed by atoms with Crippen molar-refractivity contribution in [3.63, 3.8) is 0 Å². The number of ketones is 1. The third kappa shape index (κ3) is 4.38. The number of Topliss-reactive ketones (excluding diaryl/α,β-unsaturated/α-hetero) is 1. The first-order chi connectivity index (χ1) is 14.5. The number of halogens is 1. The van der Waals surface area contributed by atoms with Crippen LogP contribution in [0.4, 0.5) is 4.39 Å². The molecule has 1 saturated heterocycles. The van der Waals surface area contributed by atoms with Crippen LogP contribution in [0.2, 0.25) is 0 Å². The van der Waals surface area contributed by atoms with Crippen molar-refractivity contribution in [2.75, 3.05) is 19.6 Å². The molecule has 6 heteroatoms. The lowest BCUT2D eigenvalue weighted by atomic mass is 9.89. The average molecular weight is 415 g/mol. The summed E-state index contributed by atoms with van der Waals surface area (Å²) in [5, 5.41) is 20.9. The van der Waals surface area contributed by atoms with Gasteiger partial charge >= 0.3 is 0 Å². The van der Waals surface area contributed by atoms with Gasteiger partial charge in [-0.25, -0.2) is 4.39 Å². The van der Waals surface area contributed by atoms with E-state index in [0.717, 1.165) is 82.1 Å². The molecule has 1 aliphatic carbocycles. The van der Waals surface area contributed by atoms with Crippen molar-refractivity contribution in [1.29, 1.82) is 0 Å². The van der Waals surface area contributed by atoms with Crippen molar-refractivity contribution in [2.45, 2.75) is 57.9 Å². The number of hydrogen-bond acceptors (Lipinski definition) is 4. The van der Waals surface area contributed by atoms with Gasteiger partial charge in [0.25, 0.3) is 0 Å². The van der Waals surface area contributed by atoms with E-state index in [-0.39, 0.29) is 29.3 Å². The van der Waals surface area contributed by atoms with Crippen LogP contribution in [0, 0.1) is 11.7 Å². The summed E-state index contributed by atoms with van der Waals surface area (Å²) in [7, 11) is 0. The van der Waals surface area contributed by atoms with E-state index in [1.54, 1.807) is 16.7 Å². The highest BCUT2D eigenvalue weighted by atomic mass is 19.1. The van der Waals surface area contributed by atoms with E-state index >= 15 is 0 Å². The minimum atomic E-state index is -0.317. The second-order valence-corrected chi connectivity index (χ2v) is 8.66. The molecule has 5 nitrogen and oxygen atoms in total. The molecule has 0 saturated carbocycles. The molecule has 0 spiro atoms. The Labute approximate surface area is 177 Å². The first-order valence-electron chi connectivity index (χ1n) is 11.2. The van der Waals surface area contributed by atoms with Crippen molar-refractivity contribution in [1.82, 2.24) is 9.47 Å². The van der Waals surface area contributed by atoms with Gasteiger partial charge in [-0.15, -0.1) is 0 Å². The van der Waals surface area contributed by atoms with Gasteiger partial charge in [0.2, 0.25) is 0 Å². The Hall–Kier alpha value is -2.34. The van der Waals surface area contributed by atoms with Crippen LogP contribution < -0.4 is 0 Å². The van der Waals surface area contributed by atoms with E-state index in [1.165, 1.54) is 12.1 Å². The number of rotatable bonds is 7. The summed E-state index contributed by atoms with van der Waals surface area (Å²) in [6.07, 6.45) is 7.40. The molecular formula is C24H31FN2O3. The van der Waals surface area contributed by atoms with Gasteiger partial charge in [0.05, 0.1) is 0 Å². The van der Waals surface area contributed by atoms with Crippen molar-refractivity contribution in [2.24, 2.45) is 5.92 Å². The number of likely N-dealkylation sites (tertiary alicyclic amines) is 1. The molecule has 0 unspecified atom stereocenters. The molecule has 4 rings (SSSR count). The smallest absolute Gasteiger partial charge is 0.197 e. The zero-order chi connectivity index (χ0) is 21.1. The Morgan fingerprint density at radius 2 is 1.50 bits per heavy atom. The highest BCUT2D eigenvalue weighted by molar-refractivity contribution is 5.97. The molecule has 0 amide bonds. The van der Waals surface area contributed by atoms with Gasteiger partial charge in [0.1, 0.15) is 5.82 Å². The number of nitrogens with zero attached hydrogens (tertiary/aromatic N) is 2. The van der Waals surface area contributed by atoms with Crippen LogP contribution in [0.3, 0.4) is 0 Å². The van der Waals surface area contributed by atoms with Gasteiger partial charge in [-0.2, -0.15) is 0 Å². The predicted octanol–water partition coefficient (Wildman–Crippen LogP) is 4.29. The minimum absolute atomic E-state index is 0.0202. The van der Waals surface area contributed by atoms with Gasteiger partial charge in [0.15, 0.2) is 17.5 Å². The van der Waals surface area contributed by atoms with Crippen LogP contribution in [0.15, 0.2) is 24.3 Å². The van der Waals surface area contributed by atoms with Gasteiger partial charge in [-0.1, -0.05) is 0 Å². The molecule has 1 fully saturated rings. The van der Waals surface area contributed by atoms with Crippen LogP contribution in [0.5, 0.6) is 11.8 Å². The fraction of sp³-hybridized carbons (Fsp3) is 0.542. The zero-order valence-corrected chi connectivity index (χ0v) is 17.4. The Morgan fingerprint density at radius 3 is 2.10 bits per heavy atom. The summed E-state index contributed by atoms with van der Waals surface area (Å²) in [5.41, 5.74) is 2.47. The fourth-order valence-corrected chi connectivity index (χ4v) is 4.91. The lowest BCUT2D eigenvalue weighted by molar-refractivity contribution is 0.0838. The lowest BCUT2D eigenvalue weighted by Gasteiger charge is -2.31. The highest BCUT2D eigenvalue weighted by Gasteiger charge is 2.26.